The lowest BCUT2D eigenvalue weighted by Crippen LogP contribution is -2.27. The summed E-state index contributed by atoms with van der Waals surface area (Å²) in [6.45, 7) is 0. The molecule has 1 aliphatic rings. The second kappa shape index (κ2) is 9.56. The topological polar surface area (TPSA) is 64.0 Å². The summed E-state index contributed by atoms with van der Waals surface area (Å²) < 4.78 is 10.8. The summed E-state index contributed by atoms with van der Waals surface area (Å²) in [6.07, 6.45) is 0.445. The Hall–Kier alpha value is -3.61. The number of ether oxygens (including phenoxy) is 2. The van der Waals surface area contributed by atoms with Crippen molar-refractivity contribution in [2.75, 3.05) is 14.2 Å². The fourth-order valence-corrected chi connectivity index (χ4v) is 4.72. The number of amides is 1. The highest BCUT2D eigenvalue weighted by Gasteiger charge is 2.36. The van der Waals surface area contributed by atoms with Crippen molar-refractivity contribution in [1.29, 1.82) is 0 Å². The van der Waals surface area contributed by atoms with Gasteiger partial charge in [-0.15, -0.1) is 0 Å². The Morgan fingerprint density at radius 3 is 2.54 bits per heavy atom. The van der Waals surface area contributed by atoms with Gasteiger partial charge in [0.1, 0.15) is 22.2 Å². The molecule has 0 radical (unpaired) electrons. The van der Waals surface area contributed by atoms with E-state index in [1.54, 1.807) is 38.5 Å². The minimum absolute atomic E-state index is 0.283. The first-order valence-corrected chi connectivity index (χ1v) is 11.7. The maximum atomic E-state index is 13.7. The highest BCUT2D eigenvalue weighted by atomic mass is 35.5. The molecule has 8 heteroatoms. The fraction of sp³-hybridized carbons (Fsp3) is 0.148. The van der Waals surface area contributed by atoms with Crippen LogP contribution in [0.1, 0.15) is 33.9 Å². The summed E-state index contributed by atoms with van der Waals surface area (Å²) in [6, 6.07) is 21.6. The summed E-state index contributed by atoms with van der Waals surface area (Å²) in [5.74, 6) is 1.01. The van der Waals surface area contributed by atoms with Gasteiger partial charge in [-0.3, -0.25) is 4.79 Å². The van der Waals surface area contributed by atoms with Gasteiger partial charge in [0.2, 0.25) is 0 Å². The molecule has 1 unspecified atom stereocenters. The zero-order valence-corrected chi connectivity index (χ0v) is 20.5. The quantitative estimate of drug-likeness (QED) is 0.288. The molecular weight excluding hydrogens is 485 g/mol. The molecule has 0 saturated carbocycles. The molecule has 0 N–H and O–H groups in total. The lowest BCUT2D eigenvalue weighted by molar-refractivity contribution is 0.0711. The van der Waals surface area contributed by atoms with Gasteiger partial charge >= 0.3 is 0 Å². The first kappa shape index (κ1) is 23.1. The van der Waals surface area contributed by atoms with Crippen molar-refractivity contribution < 1.29 is 14.3 Å². The number of carbonyl (C=O) groups is 1. The van der Waals surface area contributed by atoms with Gasteiger partial charge in [-0.25, -0.2) is 9.99 Å². The molecule has 0 saturated heterocycles. The molecule has 1 amide bonds. The van der Waals surface area contributed by atoms with Gasteiger partial charge in [-0.05, 0) is 36.4 Å². The number of aromatic nitrogens is 1. The summed E-state index contributed by atoms with van der Waals surface area (Å²) in [4.78, 5) is 18.3. The van der Waals surface area contributed by atoms with Gasteiger partial charge in [0.05, 0.1) is 36.6 Å². The number of nitrogens with zero attached hydrogens (tertiary/aromatic N) is 3. The number of methoxy groups -OCH3 is 2. The van der Waals surface area contributed by atoms with Crippen molar-refractivity contribution >= 4 is 45.7 Å². The molecule has 6 nitrogen and oxygen atoms in total. The van der Waals surface area contributed by atoms with Crippen molar-refractivity contribution in [1.82, 2.24) is 9.99 Å². The lowest BCUT2D eigenvalue weighted by Gasteiger charge is -2.23. The summed E-state index contributed by atoms with van der Waals surface area (Å²) in [5.41, 5.74) is 3.29. The van der Waals surface area contributed by atoms with E-state index in [4.69, 9.17) is 37.8 Å². The first-order valence-electron chi connectivity index (χ1n) is 10.9. The van der Waals surface area contributed by atoms with E-state index in [-0.39, 0.29) is 11.1 Å². The molecule has 35 heavy (non-hydrogen) atoms. The average Bonchev–Trinajstić information content (AvgIpc) is 3.33. The third kappa shape index (κ3) is 4.31. The third-order valence-corrected chi connectivity index (χ3v) is 6.63. The van der Waals surface area contributed by atoms with E-state index < -0.39 is 6.04 Å². The summed E-state index contributed by atoms with van der Waals surface area (Å²) >= 11 is 13.1. The number of pyridine rings is 1. The largest absolute Gasteiger partial charge is 0.497 e. The predicted molar refractivity (Wildman–Crippen MR) is 138 cm³/mol. The Balaban J connectivity index is 1.63. The number of hydrogen-bond acceptors (Lipinski definition) is 5. The number of para-hydroxylation sites is 1. The molecule has 1 aliphatic heterocycles. The van der Waals surface area contributed by atoms with Crippen LogP contribution in [0.3, 0.4) is 0 Å². The second-order valence-corrected chi connectivity index (χ2v) is 8.79. The molecule has 0 fully saturated rings. The van der Waals surface area contributed by atoms with Gasteiger partial charge in [0.25, 0.3) is 5.91 Å². The highest BCUT2D eigenvalue weighted by Crippen LogP contribution is 2.39. The Kier molecular flexibility index (Phi) is 6.32. The van der Waals surface area contributed by atoms with Crippen LogP contribution in [-0.4, -0.2) is 35.8 Å². The monoisotopic (exact) mass is 505 g/mol. The first-order chi connectivity index (χ1) is 17.0. The van der Waals surface area contributed by atoms with Crippen molar-refractivity contribution in [3.8, 4) is 11.5 Å². The standard InChI is InChI=1S/C27H21Cl2N3O3/c1-34-18-9-5-7-16(13-18)22-15-23(32(31-22)27(33)19-10-3-4-11-21(19)28)20-14-17-8-6-12-24(35-2)25(17)30-26(20)29/h3-14,23H,15H2,1-2H3. The number of benzene rings is 3. The van der Waals surface area contributed by atoms with Gasteiger partial charge in [-0.2, -0.15) is 5.10 Å². The minimum Gasteiger partial charge on any atom is -0.497 e. The Labute approximate surface area is 212 Å². The molecule has 0 aliphatic carbocycles. The van der Waals surface area contributed by atoms with Crippen molar-refractivity contribution in [2.45, 2.75) is 12.5 Å². The molecule has 1 atom stereocenters. The fourth-order valence-electron chi connectivity index (χ4n) is 4.24. The van der Waals surface area contributed by atoms with Crippen LogP contribution in [0.15, 0.2) is 77.9 Å². The van der Waals surface area contributed by atoms with Gasteiger partial charge in [0, 0.05) is 22.9 Å². The third-order valence-electron chi connectivity index (χ3n) is 5.99. The Morgan fingerprint density at radius 1 is 0.971 bits per heavy atom. The van der Waals surface area contributed by atoms with Crippen LogP contribution in [0.25, 0.3) is 10.9 Å². The van der Waals surface area contributed by atoms with Crippen molar-refractivity contribution in [2.24, 2.45) is 5.10 Å². The van der Waals surface area contributed by atoms with E-state index in [0.29, 0.717) is 39.6 Å². The molecule has 4 aromatic rings. The van der Waals surface area contributed by atoms with Crippen LogP contribution >= 0.6 is 23.2 Å². The molecular formula is C27H21Cl2N3O3. The number of carbonyl (C=O) groups excluding carboxylic acids is 1. The van der Waals surface area contributed by atoms with Crippen LogP contribution < -0.4 is 9.47 Å². The zero-order valence-electron chi connectivity index (χ0n) is 19.0. The second-order valence-electron chi connectivity index (χ2n) is 8.03. The van der Waals surface area contributed by atoms with Crippen LogP contribution in [0.5, 0.6) is 11.5 Å². The number of fused-ring (bicyclic) bond motifs is 1. The number of rotatable bonds is 5. The molecule has 0 bridgehead atoms. The number of hydrazone groups is 1. The summed E-state index contributed by atoms with van der Waals surface area (Å²) in [7, 11) is 3.20. The molecule has 5 rings (SSSR count). The van der Waals surface area contributed by atoms with Crippen LogP contribution in [0.2, 0.25) is 10.2 Å². The molecule has 176 valence electrons. The van der Waals surface area contributed by atoms with E-state index >= 15 is 0 Å². The summed E-state index contributed by atoms with van der Waals surface area (Å²) in [5, 5.41) is 7.68. The van der Waals surface area contributed by atoms with E-state index in [2.05, 4.69) is 4.98 Å². The SMILES string of the molecule is COc1cccc(C2=NN(C(=O)c3ccccc3Cl)C(c3cc4cccc(OC)c4nc3Cl)C2)c1. The number of hydrogen-bond donors (Lipinski definition) is 0. The van der Waals surface area contributed by atoms with Crippen molar-refractivity contribution in [3.63, 3.8) is 0 Å². The van der Waals surface area contributed by atoms with E-state index in [9.17, 15) is 4.79 Å². The Morgan fingerprint density at radius 2 is 1.77 bits per heavy atom. The maximum Gasteiger partial charge on any atom is 0.276 e. The minimum atomic E-state index is -0.476. The normalized spacial score (nSPS) is 15.3. The zero-order chi connectivity index (χ0) is 24.5. The molecule has 1 aromatic heterocycles. The maximum absolute atomic E-state index is 13.7. The lowest BCUT2D eigenvalue weighted by atomic mass is 9.98. The van der Waals surface area contributed by atoms with Crippen LogP contribution in [0, 0.1) is 0 Å². The highest BCUT2D eigenvalue weighted by molar-refractivity contribution is 6.34. The van der Waals surface area contributed by atoms with Crippen LogP contribution in [-0.2, 0) is 0 Å². The van der Waals surface area contributed by atoms with Gasteiger partial charge in [-0.1, -0.05) is 59.6 Å². The van der Waals surface area contributed by atoms with E-state index in [1.807, 2.05) is 48.5 Å². The Bertz CT molecular complexity index is 1470. The molecule has 3 aromatic carbocycles. The average molecular weight is 506 g/mol. The molecule has 0 spiro atoms. The van der Waals surface area contributed by atoms with E-state index in [0.717, 1.165) is 16.7 Å². The van der Waals surface area contributed by atoms with Crippen molar-refractivity contribution in [3.05, 3.63) is 99.7 Å². The van der Waals surface area contributed by atoms with Gasteiger partial charge in [0.15, 0.2) is 0 Å². The van der Waals surface area contributed by atoms with Gasteiger partial charge < -0.3 is 9.47 Å². The van der Waals surface area contributed by atoms with E-state index in [1.165, 1.54) is 5.01 Å². The molecule has 2 heterocycles. The van der Waals surface area contributed by atoms with Crippen LogP contribution in [0.4, 0.5) is 0 Å². The smallest absolute Gasteiger partial charge is 0.276 e. The predicted octanol–water partition coefficient (Wildman–Crippen LogP) is 6.55. The number of halogens is 2.